The number of fused-ring (bicyclic) bond motifs is 1. The highest BCUT2D eigenvalue weighted by Crippen LogP contribution is 2.29. The summed E-state index contributed by atoms with van der Waals surface area (Å²) in [6.45, 7) is 3.90. The smallest absolute Gasteiger partial charge is 0.295 e. The second kappa shape index (κ2) is 6.50. The average molecular weight is 333 g/mol. The van der Waals surface area contributed by atoms with Crippen molar-refractivity contribution in [1.29, 1.82) is 0 Å². The summed E-state index contributed by atoms with van der Waals surface area (Å²) in [6.07, 6.45) is 0.0858. The highest BCUT2D eigenvalue weighted by molar-refractivity contribution is 8.00. The first-order valence-corrected chi connectivity index (χ1v) is 8.66. The molecule has 22 heavy (non-hydrogen) atoms. The molecule has 0 aliphatic carbocycles. The van der Waals surface area contributed by atoms with Crippen molar-refractivity contribution < 1.29 is 4.74 Å². The molecule has 3 rings (SSSR count). The van der Waals surface area contributed by atoms with Crippen LogP contribution in [0, 0.1) is 0 Å². The number of H-pyrrole nitrogens is 1. The van der Waals surface area contributed by atoms with E-state index in [1.54, 1.807) is 0 Å². The number of benzene rings is 1. The Hall–Kier alpha value is -1.86. The van der Waals surface area contributed by atoms with Crippen molar-refractivity contribution in [2.75, 3.05) is 0 Å². The number of nitrogens with zero attached hydrogens (tertiary/aromatic N) is 2. The lowest BCUT2D eigenvalue weighted by Gasteiger charge is -2.03. The Morgan fingerprint density at radius 1 is 1.32 bits per heavy atom. The zero-order chi connectivity index (χ0) is 15.5. The fourth-order valence-electron chi connectivity index (χ4n) is 1.99. The van der Waals surface area contributed by atoms with Gasteiger partial charge in [0, 0.05) is 16.8 Å². The van der Waals surface area contributed by atoms with E-state index in [1.165, 1.54) is 23.1 Å². The van der Waals surface area contributed by atoms with Crippen molar-refractivity contribution in [3.05, 3.63) is 46.4 Å². The summed E-state index contributed by atoms with van der Waals surface area (Å²) in [5, 5.41) is 10.3. The van der Waals surface area contributed by atoms with Gasteiger partial charge in [-0.25, -0.2) is 0 Å². The van der Waals surface area contributed by atoms with Crippen LogP contribution in [0.1, 0.15) is 19.5 Å². The fraction of sp³-hybridized carbons (Fsp3) is 0.267. The minimum Gasteiger partial charge on any atom is -0.466 e. The van der Waals surface area contributed by atoms with Crippen molar-refractivity contribution >= 4 is 33.9 Å². The molecule has 3 aromatic rings. The van der Waals surface area contributed by atoms with Crippen molar-refractivity contribution in [2.24, 2.45) is 0 Å². The maximum Gasteiger partial charge on any atom is 0.295 e. The van der Waals surface area contributed by atoms with Crippen LogP contribution in [0.15, 0.2) is 39.5 Å². The largest absolute Gasteiger partial charge is 0.466 e. The van der Waals surface area contributed by atoms with Crippen molar-refractivity contribution in [3.8, 4) is 5.19 Å². The summed E-state index contributed by atoms with van der Waals surface area (Å²) in [4.78, 5) is 14.9. The first-order valence-electron chi connectivity index (χ1n) is 6.86. The molecule has 0 unspecified atom stereocenters. The number of hydrogen-bond donors (Lipinski definition) is 1. The topological polar surface area (TPSA) is 67.9 Å². The lowest BCUT2D eigenvalue weighted by atomic mass is 10.1. The molecule has 5 nitrogen and oxygen atoms in total. The first-order chi connectivity index (χ1) is 10.6. The maximum absolute atomic E-state index is 12.0. The third kappa shape index (κ3) is 3.48. The molecule has 0 radical (unpaired) electrons. The highest BCUT2D eigenvalue weighted by Gasteiger charge is 2.08. The van der Waals surface area contributed by atoms with Gasteiger partial charge in [-0.05, 0) is 42.7 Å². The number of aromatic amines is 1. The third-order valence-electron chi connectivity index (χ3n) is 2.88. The SMILES string of the molecule is CC(C)Oc1nnc(SCc2cc3ccccc3c(=O)[nH]2)s1. The zero-order valence-corrected chi connectivity index (χ0v) is 13.8. The number of ether oxygens (including phenoxy) is 1. The summed E-state index contributed by atoms with van der Waals surface area (Å²) < 4.78 is 6.32. The van der Waals surface area contributed by atoms with Crippen LogP contribution >= 0.6 is 23.1 Å². The summed E-state index contributed by atoms with van der Waals surface area (Å²) in [6, 6.07) is 9.56. The minimum absolute atomic E-state index is 0.0604. The molecule has 0 saturated heterocycles. The van der Waals surface area contributed by atoms with E-state index in [0.29, 0.717) is 16.3 Å². The first kappa shape index (κ1) is 15.1. The van der Waals surface area contributed by atoms with Crippen LogP contribution in [0.2, 0.25) is 0 Å². The Labute approximate surface area is 135 Å². The van der Waals surface area contributed by atoms with E-state index < -0.39 is 0 Å². The van der Waals surface area contributed by atoms with Gasteiger partial charge in [-0.1, -0.05) is 35.1 Å². The number of aromatic nitrogens is 3. The molecule has 0 atom stereocenters. The molecule has 0 spiro atoms. The number of thioether (sulfide) groups is 1. The van der Waals surface area contributed by atoms with Crippen LogP contribution in [-0.2, 0) is 5.75 Å². The Morgan fingerprint density at radius 3 is 2.95 bits per heavy atom. The molecule has 7 heteroatoms. The predicted molar refractivity (Wildman–Crippen MR) is 89.8 cm³/mol. The van der Waals surface area contributed by atoms with Crippen LogP contribution in [0.4, 0.5) is 0 Å². The van der Waals surface area contributed by atoms with E-state index in [-0.39, 0.29) is 11.7 Å². The van der Waals surface area contributed by atoms with E-state index in [2.05, 4.69) is 15.2 Å². The Bertz CT molecular complexity index is 842. The number of pyridine rings is 1. The van der Waals surface area contributed by atoms with Gasteiger partial charge < -0.3 is 9.72 Å². The van der Waals surface area contributed by atoms with Gasteiger partial charge in [0.2, 0.25) is 0 Å². The van der Waals surface area contributed by atoms with E-state index in [4.69, 9.17) is 4.74 Å². The van der Waals surface area contributed by atoms with E-state index in [1.807, 2.05) is 44.2 Å². The van der Waals surface area contributed by atoms with Crippen LogP contribution in [0.25, 0.3) is 10.8 Å². The molecule has 114 valence electrons. The minimum atomic E-state index is -0.0604. The molecule has 2 heterocycles. The molecule has 2 aromatic heterocycles. The van der Waals surface area contributed by atoms with E-state index >= 15 is 0 Å². The monoisotopic (exact) mass is 333 g/mol. The standard InChI is InChI=1S/C15H15N3O2S2/c1-9(2)20-14-17-18-15(22-14)21-8-11-7-10-5-3-4-6-12(10)13(19)16-11/h3-7,9H,8H2,1-2H3,(H,16,19). The molecule has 0 aliphatic rings. The molecular formula is C15H15N3O2S2. The fourth-order valence-corrected chi connectivity index (χ4v) is 3.70. The van der Waals surface area contributed by atoms with Gasteiger partial charge in [0.05, 0.1) is 6.10 Å². The zero-order valence-electron chi connectivity index (χ0n) is 12.2. The van der Waals surface area contributed by atoms with Gasteiger partial charge in [0.1, 0.15) is 0 Å². The number of hydrogen-bond acceptors (Lipinski definition) is 6. The van der Waals surface area contributed by atoms with Gasteiger partial charge in [-0.2, -0.15) is 0 Å². The van der Waals surface area contributed by atoms with E-state index in [0.717, 1.165) is 15.4 Å². The Kier molecular flexibility index (Phi) is 4.44. The summed E-state index contributed by atoms with van der Waals surface area (Å²) in [5.41, 5.74) is 0.810. The van der Waals surface area contributed by atoms with Crippen molar-refractivity contribution in [3.63, 3.8) is 0 Å². The highest BCUT2D eigenvalue weighted by atomic mass is 32.2. The van der Waals surface area contributed by atoms with Gasteiger partial charge >= 0.3 is 0 Å². The normalized spacial score (nSPS) is 11.2. The number of nitrogens with one attached hydrogen (secondary N) is 1. The summed E-state index contributed by atoms with van der Waals surface area (Å²) in [5.74, 6) is 0.635. The maximum atomic E-state index is 12.0. The van der Waals surface area contributed by atoms with Gasteiger partial charge in [-0.3, -0.25) is 4.79 Å². The molecule has 0 amide bonds. The average Bonchev–Trinajstić information content (AvgIpc) is 2.92. The molecule has 0 aliphatic heterocycles. The second-order valence-corrected chi connectivity index (χ2v) is 7.16. The predicted octanol–water partition coefficient (Wildman–Crippen LogP) is 3.46. The summed E-state index contributed by atoms with van der Waals surface area (Å²) >= 11 is 2.95. The van der Waals surface area contributed by atoms with Crippen molar-refractivity contribution in [1.82, 2.24) is 15.2 Å². The molecule has 1 N–H and O–H groups in total. The molecule has 1 aromatic carbocycles. The van der Waals surface area contributed by atoms with E-state index in [9.17, 15) is 4.79 Å². The van der Waals surface area contributed by atoms with Crippen LogP contribution in [0.3, 0.4) is 0 Å². The quantitative estimate of drug-likeness (QED) is 0.724. The summed E-state index contributed by atoms with van der Waals surface area (Å²) in [7, 11) is 0. The Morgan fingerprint density at radius 2 is 2.14 bits per heavy atom. The lowest BCUT2D eigenvalue weighted by Crippen LogP contribution is -2.08. The molecule has 0 fully saturated rings. The third-order valence-corrected chi connectivity index (χ3v) is 4.88. The van der Waals surface area contributed by atoms with Crippen molar-refractivity contribution in [2.45, 2.75) is 30.0 Å². The second-order valence-electron chi connectivity index (χ2n) is 5.00. The van der Waals surface area contributed by atoms with Crippen LogP contribution in [0.5, 0.6) is 5.19 Å². The number of rotatable bonds is 5. The molecule has 0 bridgehead atoms. The van der Waals surface area contributed by atoms with Gasteiger partial charge in [0.25, 0.3) is 10.8 Å². The van der Waals surface area contributed by atoms with Crippen LogP contribution < -0.4 is 10.3 Å². The molecule has 0 saturated carbocycles. The van der Waals surface area contributed by atoms with Crippen LogP contribution in [-0.4, -0.2) is 21.3 Å². The molecular weight excluding hydrogens is 318 g/mol. The van der Waals surface area contributed by atoms with Gasteiger partial charge in [-0.15, -0.1) is 5.10 Å². The Balaban J connectivity index is 1.74. The lowest BCUT2D eigenvalue weighted by molar-refractivity contribution is 0.239. The van der Waals surface area contributed by atoms with Gasteiger partial charge in [0.15, 0.2) is 4.34 Å².